The Morgan fingerprint density at radius 1 is 1.42 bits per heavy atom. The Morgan fingerprint density at radius 3 is 2.42 bits per heavy atom. The first-order valence-corrected chi connectivity index (χ1v) is 5.25. The van der Waals surface area contributed by atoms with Crippen LogP contribution in [0.25, 0.3) is 0 Å². The average molecular weight is 186 g/mol. The Bertz CT molecular complexity index is 175. The zero-order valence-corrected chi connectivity index (χ0v) is 9.61. The van der Waals surface area contributed by atoms with Crippen molar-refractivity contribution in [3.63, 3.8) is 0 Å². The summed E-state index contributed by atoms with van der Waals surface area (Å²) in [5.74, 6) is 2.19. The summed E-state index contributed by atoms with van der Waals surface area (Å²) in [5.41, 5.74) is 1.20. The smallest absolute Gasteiger partial charge is 0.0861 e. The Balaban J connectivity index is 3.99. The van der Waals surface area contributed by atoms with Gasteiger partial charge in [0.2, 0.25) is 0 Å². The molecule has 2 heteroatoms. The molecule has 0 aromatic heterocycles. The summed E-state index contributed by atoms with van der Waals surface area (Å²) < 4.78 is 5.16. The van der Waals surface area contributed by atoms with E-state index in [1.54, 1.807) is 0 Å². The molecule has 0 aromatic carbocycles. The van der Waals surface area contributed by atoms with E-state index < -0.39 is 0 Å². The fourth-order valence-corrected chi connectivity index (χ4v) is 1.19. The third kappa shape index (κ3) is 7.81. The predicted octanol–water partition coefficient (Wildman–Crippen LogP) is 3.47. The molecule has 12 heavy (non-hydrogen) atoms. The van der Waals surface area contributed by atoms with E-state index >= 15 is 0 Å². The van der Waals surface area contributed by atoms with Crippen molar-refractivity contribution >= 4 is 14.0 Å². The molecule has 1 nitrogen and oxygen atoms in total. The maximum Gasteiger partial charge on any atom is 0.0861 e. The van der Waals surface area contributed by atoms with Gasteiger partial charge in [0.1, 0.15) is 0 Å². The van der Waals surface area contributed by atoms with Crippen molar-refractivity contribution in [3.8, 4) is 0 Å². The summed E-state index contributed by atoms with van der Waals surface area (Å²) in [5, 5.41) is 0.349. The lowest BCUT2D eigenvalue weighted by molar-refractivity contribution is 0.267. The molecule has 70 valence electrons. The number of hydrogen-bond donors (Lipinski definition) is 0. The number of rotatable bonds is 3. The summed E-state index contributed by atoms with van der Waals surface area (Å²) in [6.45, 7) is 11.5. The normalized spacial score (nSPS) is 13.9. The van der Waals surface area contributed by atoms with Crippen LogP contribution in [0.15, 0.2) is 11.8 Å². The van der Waals surface area contributed by atoms with Gasteiger partial charge in [-0.15, -0.1) is 0 Å². The molecule has 0 aliphatic heterocycles. The molecule has 0 saturated carbocycles. The Labute approximate surface area is 77.6 Å². The molecule has 0 amide bonds. The van der Waals surface area contributed by atoms with Gasteiger partial charge in [-0.1, -0.05) is 29.0 Å². The highest BCUT2D eigenvalue weighted by Gasteiger charge is 2.03. The first-order chi connectivity index (χ1) is 5.45. The monoisotopic (exact) mass is 186 g/mol. The van der Waals surface area contributed by atoms with E-state index in [0.29, 0.717) is 5.16 Å². The van der Waals surface area contributed by atoms with Crippen molar-refractivity contribution in [1.82, 2.24) is 0 Å². The number of ether oxygens (including phenoxy) is 1. The second-order valence-electron chi connectivity index (χ2n) is 3.75. The molecule has 0 fully saturated rings. The SMILES string of the molecule is CCO/C=C(\C)C=PC(C)(C)C. The van der Waals surface area contributed by atoms with Crippen molar-refractivity contribution in [2.45, 2.75) is 39.8 Å². The van der Waals surface area contributed by atoms with Crippen molar-refractivity contribution in [2.75, 3.05) is 6.61 Å². The maximum absolute atomic E-state index is 5.16. The first kappa shape index (κ1) is 11.7. The minimum absolute atomic E-state index is 0.349. The van der Waals surface area contributed by atoms with Gasteiger partial charge in [-0.3, -0.25) is 0 Å². The molecule has 0 bridgehead atoms. The van der Waals surface area contributed by atoms with Crippen LogP contribution < -0.4 is 0 Å². The van der Waals surface area contributed by atoms with E-state index in [-0.39, 0.29) is 0 Å². The predicted molar refractivity (Wildman–Crippen MR) is 58.1 cm³/mol. The van der Waals surface area contributed by atoms with Gasteiger partial charge in [-0.05, 0) is 25.2 Å². The van der Waals surface area contributed by atoms with Crippen LogP contribution in [-0.4, -0.2) is 17.6 Å². The Kier molecular flexibility index (Phi) is 5.24. The first-order valence-electron chi connectivity index (χ1n) is 4.29. The zero-order valence-electron chi connectivity index (χ0n) is 8.72. The molecule has 0 heterocycles. The van der Waals surface area contributed by atoms with Crippen LogP contribution in [0.1, 0.15) is 34.6 Å². The van der Waals surface area contributed by atoms with Gasteiger partial charge in [-0.2, -0.15) is 0 Å². The fourth-order valence-electron chi connectivity index (χ4n) is 0.541. The van der Waals surface area contributed by atoms with Gasteiger partial charge in [0.25, 0.3) is 0 Å². The highest BCUT2D eigenvalue weighted by Crippen LogP contribution is 2.21. The van der Waals surface area contributed by atoms with Gasteiger partial charge in [0, 0.05) is 5.16 Å². The Hall–Kier alpha value is -0.290. The van der Waals surface area contributed by atoms with Crippen LogP contribution in [0.2, 0.25) is 0 Å². The van der Waals surface area contributed by atoms with E-state index in [9.17, 15) is 0 Å². The summed E-state index contributed by atoms with van der Waals surface area (Å²) in [4.78, 5) is 0. The summed E-state index contributed by atoms with van der Waals surface area (Å²) in [7, 11) is 1.34. The highest BCUT2D eigenvalue weighted by molar-refractivity contribution is 7.40. The van der Waals surface area contributed by atoms with E-state index in [0.717, 1.165) is 6.61 Å². The lowest BCUT2D eigenvalue weighted by Gasteiger charge is -2.09. The largest absolute Gasteiger partial charge is 0.501 e. The average Bonchev–Trinajstić information content (AvgIpc) is 1.95. The quantitative estimate of drug-likeness (QED) is 0.484. The molecule has 0 aromatic rings. The van der Waals surface area contributed by atoms with Gasteiger partial charge in [0.15, 0.2) is 0 Å². The topological polar surface area (TPSA) is 9.23 Å². The molecule has 0 radical (unpaired) electrons. The molecular weight excluding hydrogens is 167 g/mol. The van der Waals surface area contributed by atoms with Crippen LogP contribution in [0.4, 0.5) is 0 Å². The molecule has 0 atom stereocenters. The van der Waals surface area contributed by atoms with Gasteiger partial charge < -0.3 is 4.74 Å². The molecular formula is C10H19OP. The highest BCUT2D eigenvalue weighted by atomic mass is 31.1. The lowest BCUT2D eigenvalue weighted by atomic mass is 10.3. The molecule has 0 unspecified atom stereocenters. The standard InChI is InChI=1S/C10H19OP/c1-6-11-7-9(2)8-12-10(3,4)5/h7-8H,6H2,1-5H3/b9-7+. The van der Waals surface area contributed by atoms with E-state index in [1.807, 2.05) is 13.2 Å². The lowest BCUT2D eigenvalue weighted by Crippen LogP contribution is -2.01. The van der Waals surface area contributed by atoms with Crippen molar-refractivity contribution in [2.24, 2.45) is 0 Å². The minimum atomic E-state index is 0.349. The second kappa shape index (κ2) is 5.37. The molecule has 0 saturated heterocycles. The van der Waals surface area contributed by atoms with Crippen molar-refractivity contribution in [1.29, 1.82) is 0 Å². The van der Waals surface area contributed by atoms with Crippen LogP contribution in [0, 0.1) is 0 Å². The van der Waals surface area contributed by atoms with Gasteiger partial charge >= 0.3 is 0 Å². The third-order valence-electron chi connectivity index (χ3n) is 1.09. The summed E-state index contributed by atoms with van der Waals surface area (Å²) in [6.07, 6.45) is 1.82. The molecule has 0 aliphatic carbocycles. The summed E-state index contributed by atoms with van der Waals surface area (Å²) >= 11 is 0. The molecule has 0 aliphatic rings. The van der Waals surface area contributed by atoms with Crippen LogP contribution in [-0.2, 0) is 4.74 Å². The van der Waals surface area contributed by atoms with Crippen LogP contribution in [0.5, 0.6) is 0 Å². The van der Waals surface area contributed by atoms with E-state index in [1.165, 1.54) is 13.8 Å². The van der Waals surface area contributed by atoms with Crippen LogP contribution >= 0.6 is 8.20 Å². The zero-order chi connectivity index (χ0) is 9.61. The van der Waals surface area contributed by atoms with Gasteiger partial charge in [0.05, 0.1) is 12.9 Å². The van der Waals surface area contributed by atoms with Gasteiger partial charge in [-0.25, -0.2) is 0 Å². The molecule has 0 N–H and O–H groups in total. The Morgan fingerprint density at radius 2 is 2.00 bits per heavy atom. The summed E-state index contributed by atoms with van der Waals surface area (Å²) in [6, 6.07) is 0. The number of hydrogen-bond acceptors (Lipinski definition) is 1. The minimum Gasteiger partial charge on any atom is -0.501 e. The maximum atomic E-state index is 5.16. The van der Waals surface area contributed by atoms with E-state index in [2.05, 4.69) is 33.5 Å². The van der Waals surface area contributed by atoms with Crippen molar-refractivity contribution in [3.05, 3.63) is 11.8 Å². The number of allylic oxidation sites excluding steroid dienone is 1. The molecule has 0 rings (SSSR count). The fraction of sp³-hybridized carbons (Fsp3) is 0.700. The second-order valence-corrected chi connectivity index (χ2v) is 5.60. The van der Waals surface area contributed by atoms with E-state index in [4.69, 9.17) is 4.74 Å². The molecule has 0 spiro atoms. The third-order valence-corrected chi connectivity index (χ3v) is 2.40. The van der Waals surface area contributed by atoms with Crippen molar-refractivity contribution < 1.29 is 4.74 Å². The van der Waals surface area contributed by atoms with Crippen LogP contribution in [0.3, 0.4) is 0 Å².